The smallest absolute Gasteiger partial charge is 0.328 e. The lowest BCUT2D eigenvalue weighted by Gasteiger charge is -2.23. The number of carboxylic acids is 1. The lowest BCUT2D eigenvalue weighted by Crippen LogP contribution is -2.13. The maximum Gasteiger partial charge on any atom is 0.328 e. The van der Waals surface area contributed by atoms with Crippen molar-refractivity contribution in [3.8, 4) is 0 Å². The fraction of sp³-hybridized carbons (Fsp3) is 0.438. The Hall–Kier alpha value is -1.61. The molecule has 0 spiro atoms. The van der Waals surface area contributed by atoms with Gasteiger partial charge in [-0.2, -0.15) is 0 Å². The molecular weight excluding hydrogens is 240 g/mol. The van der Waals surface area contributed by atoms with Crippen molar-refractivity contribution in [2.24, 2.45) is 0 Å². The van der Waals surface area contributed by atoms with E-state index in [0.29, 0.717) is 5.57 Å². The lowest BCUT2D eigenvalue weighted by molar-refractivity contribution is -0.131. The van der Waals surface area contributed by atoms with E-state index in [-0.39, 0.29) is 12.0 Å². The number of benzene rings is 1. The molecule has 0 unspecified atom stereocenters. The molecule has 1 aromatic carbocycles. The fourth-order valence-corrected chi connectivity index (χ4v) is 2.25. The Bertz CT molecular complexity index is 496. The second kappa shape index (κ2) is 5.57. The van der Waals surface area contributed by atoms with Gasteiger partial charge in [-0.3, -0.25) is 0 Å². The summed E-state index contributed by atoms with van der Waals surface area (Å²) in [4.78, 5) is 10.8. The summed E-state index contributed by atoms with van der Waals surface area (Å²) < 4.78 is 0. The average molecular weight is 262 g/mol. The van der Waals surface area contributed by atoms with E-state index in [1.807, 2.05) is 13.8 Å². The summed E-state index contributed by atoms with van der Waals surface area (Å²) in [6.45, 7) is 10.0. The molecule has 0 aliphatic heterocycles. The van der Waals surface area contributed by atoms with E-state index in [9.17, 15) is 9.90 Å². The van der Waals surface area contributed by atoms with Crippen molar-refractivity contribution in [3.63, 3.8) is 0 Å². The first kappa shape index (κ1) is 15.4. The van der Waals surface area contributed by atoms with Crippen LogP contribution in [0.25, 0.3) is 5.57 Å². The van der Waals surface area contributed by atoms with Gasteiger partial charge in [-0.15, -0.1) is 0 Å². The van der Waals surface area contributed by atoms with Gasteiger partial charge in [0.1, 0.15) is 0 Å². The second-order valence-corrected chi connectivity index (χ2v) is 5.90. The minimum absolute atomic E-state index is 0.0456. The number of hydrogen-bond acceptors (Lipinski definition) is 2. The first-order valence-corrected chi connectivity index (χ1v) is 6.33. The summed E-state index contributed by atoms with van der Waals surface area (Å²) in [5, 5.41) is 18.2. The molecule has 0 saturated heterocycles. The molecule has 1 aromatic rings. The number of hydrogen-bond donors (Lipinski definition) is 2. The van der Waals surface area contributed by atoms with Gasteiger partial charge in [0.05, 0.1) is 6.61 Å². The summed E-state index contributed by atoms with van der Waals surface area (Å²) in [6.07, 6.45) is 1.08. The Labute approximate surface area is 114 Å². The molecule has 0 bridgehead atoms. The van der Waals surface area contributed by atoms with Crippen LogP contribution >= 0.6 is 0 Å². The highest BCUT2D eigenvalue weighted by atomic mass is 16.4. The molecule has 19 heavy (non-hydrogen) atoms. The van der Waals surface area contributed by atoms with Crippen molar-refractivity contribution >= 4 is 11.5 Å². The predicted octanol–water partition coefficient (Wildman–Crippen LogP) is 3.06. The van der Waals surface area contributed by atoms with Gasteiger partial charge in [0, 0.05) is 6.08 Å². The summed E-state index contributed by atoms with van der Waals surface area (Å²) >= 11 is 0. The van der Waals surface area contributed by atoms with E-state index in [4.69, 9.17) is 5.11 Å². The molecule has 1 rings (SSSR count). The first-order chi connectivity index (χ1) is 8.66. The van der Waals surface area contributed by atoms with Gasteiger partial charge in [0.15, 0.2) is 0 Å². The van der Waals surface area contributed by atoms with Crippen molar-refractivity contribution < 1.29 is 15.0 Å². The van der Waals surface area contributed by atoms with Crippen LogP contribution < -0.4 is 0 Å². The van der Waals surface area contributed by atoms with Crippen molar-refractivity contribution in [1.82, 2.24) is 0 Å². The van der Waals surface area contributed by atoms with Crippen molar-refractivity contribution in [1.29, 1.82) is 0 Å². The maximum absolute atomic E-state index is 10.8. The SMILES string of the molecule is Cc1cc(C(C)(C)C)cc(C)c1/C(=C/C(=O)O)CO. The molecule has 0 saturated carbocycles. The number of aliphatic carboxylic acids is 1. The second-order valence-electron chi connectivity index (χ2n) is 5.90. The molecule has 0 radical (unpaired) electrons. The largest absolute Gasteiger partial charge is 0.478 e. The maximum atomic E-state index is 10.8. The van der Waals surface area contributed by atoms with E-state index >= 15 is 0 Å². The molecule has 104 valence electrons. The van der Waals surface area contributed by atoms with Gasteiger partial charge < -0.3 is 10.2 Å². The van der Waals surface area contributed by atoms with Crippen LogP contribution in [0.5, 0.6) is 0 Å². The Morgan fingerprint density at radius 1 is 1.21 bits per heavy atom. The Balaban J connectivity index is 3.43. The van der Waals surface area contributed by atoms with Crippen molar-refractivity contribution in [2.45, 2.75) is 40.0 Å². The van der Waals surface area contributed by atoms with Crippen LogP contribution in [0.2, 0.25) is 0 Å². The van der Waals surface area contributed by atoms with Crippen LogP contribution in [-0.4, -0.2) is 22.8 Å². The highest BCUT2D eigenvalue weighted by molar-refractivity contribution is 5.91. The Morgan fingerprint density at radius 3 is 2.00 bits per heavy atom. The zero-order valence-corrected chi connectivity index (χ0v) is 12.2. The monoisotopic (exact) mass is 262 g/mol. The molecule has 0 heterocycles. The molecule has 0 aliphatic rings. The number of rotatable bonds is 3. The van der Waals surface area contributed by atoms with Crippen LogP contribution in [-0.2, 0) is 10.2 Å². The van der Waals surface area contributed by atoms with Crippen LogP contribution in [0.3, 0.4) is 0 Å². The average Bonchev–Trinajstić information content (AvgIpc) is 2.24. The van der Waals surface area contributed by atoms with Gasteiger partial charge >= 0.3 is 5.97 Å². The number of aryl methyl sites for hydroxylation is 2. The van der Waals surface area contributed by atoms with Crippen LogP contribution in [0.1, 0.15) is 43.0 Å². The number of aliphatic hydroxyl groups is 1. The van der Waals surface area contributed by atoms with E-state index in [0.717, 1.165) is 22.8 Å². The molecule has 0 fully saturated rings. The third-order valence-corrected chi connectivity index (χ3v) is 3.19. The highest BCUT2D eigenvalue weighted by Gasteiger charge is 2.17. The van der Waals surface area contributed by atoms with Crippen molar-refractivity contribution in [2.75, 3.05) is 6.61 Å². The predicted molar refractivity (Wildman–Crippen MR) is 77.3 cm³/mol. The minimum Gasteiger partial charge on any atom is -0.478 e. The lowest BCUT2D eigenvalue weighted by atomic mass is 9.82. The van der Waals surface area contributed by atoms with Crippen LogP contribution in [0.4, 0.5) is 0 Å². The molecule has 0 atom stereocenters. The number of aliphatic hydroxyl groups excluding tert-OH is 1. The normalized spacial score (nSPS) is 12.6. The Morgan fingerprint density at radius 2 is 1.68 bits per heavy atom. The van der Waals surface area contributed by atoms with E-state index < -0.39 is 5.97 Å². The van der Waals surface area contributed by atoms with Crippen LogP contribution in [0.15, 0.2) is 18.2 Å². The third-order valence-electron chi connectivity index (χ3n) is 3.19. The molecule has 0 aromatic heterocycles. The number of carbonyl (C=O) groups is 1. The molecular formula is C16H22O3. The van der Waals surface area contributed by atoms with Crippen LogP contribution in [0, 0.1) is 13.8 Å². The topological polar surface area (TPSA) is 57.5 Å². The molecule has 0 aliphatic carbocycles. The molecule has 2 N–H and O–H groups in total. The minimum atomic E-state index is -1.04. The zero-order valence-electron chi connectivity index (χ0n) is 12.2. The third kappa shape index (κ3) is 3.67. The quantitative estimate of drug-likeness (QED) is 0.823. The summed E-state index contributed by atoms with van der Waals surface area (Å²) in [5.74, 6) is -1.04. The van der Waals surface area contributed by atoms with E-state index in [1.165, 1.54) is 5.56 Å². The van der Waals surface area contributed by atoms with Gasteiger partial charge in [-0.05, 0) is 47.1 Å². The summed E-state index contributed by atoms with van der Waals surface area (Å²) in [5.41, 5.74) is 4.52. The Kier molecular flexibility index (Phi) is 4.53. The standard InChI is InChI=1S/C16H22O3/c1-10-6-13(16(3,4)5)7-11(2)15(10)12(9-17)8-14(18)19/h6-8,17H,9H2,1-5H3,(H,18,19)/b12-8+. The van der Waals surface area contributed by atoms with E-state index in [2.05, 4.69) is 32.9 Å². The highest BCUT2D eigenvalue weighted by Crippen LogP contribution is 2.30. The number of carboxylic acid groups (broad SMARTS) is 1. The van der Waals surface area contributed by atoms with Gasteiger partial charge in [0.25, 0.3) is 0 Å². The molecule has 3 heteroatoms. The van der Waals surface area contributed by atoms with Crippen molar-refractivity contribution in [3.05, 3.63) is 40.5 Å². The van der Waals surface area contributed by atoms with Gasteiger partial charge in [-0.1, -0.05) is 32.9 Å². The fourth-order valence-electron chi connectivity index (χ4n) is 2.25. The van der Waals surface area contributed by atoms with Gasteiger partial charge in [0.2, 0.25) is 0 Å². The van der Waals surface area contributed by atoms with E-state index in [1.54, 1.807) is 0 Å². The summed E-state index contributed by atoms with van der Waals surface area (Å²) in [7, 11) is 0. The zero-order chi connectivity index (χ0) is 14.8. The first-order valence-electron chi connectivity index (χ1n) is 6.33. The molecule has 0 amide bonds. The van der Waals surface area contributed by atoms with Gasteiger partial charge in [-0.25, -0.2) is 4.79 Å². The molecule has 3 nitrogen and oxygen atoms in total. The summed E-state index contributed by atoms with van der Waals surface area (Å²) in [6, 6.07) is 4.13.